The van der Waals surface area contributed by atoms with Crippen LogP contribution in [0.15, 0.2) is 67.3 Å². The van der Waals surface area contributed by atoms with Crippen LogP contribution in [-0.2, 0) is 0 Å². The molecule has 0 bridgehead atoms. The number of hydrogen-bond acceptors (Lipinski definition) is 5. The fourth-order valence-corrected chi connectivity index (χ4v) is 2.33. The van der Waals surface area contributed by atoms with Crippen LogP contribution in [-0.4, -0.2) is 19.7 Å². The minimum Gasteiger partial charge on any atom is -0.439 e. The van der Waals surface area contributed by atoms with E-state index < -0.39 is 0 Å². The number of hydrogen-bond donors (Lipinski definition) is 1. The maximum atomic E-state index is 5.74. The van der Waals surface area contributed by atoms with Gasteiger partial charge in [-0.25, -0.2) is 9.67 Å². The molecule has 1 aromatic carbocycles. The Morgan fingerprint density at radius 2 is 1.96 bits per heavy atom. The number of pyridine rings is 2. The third kappa shape index (κ3) is 2.57. The predicted octanol–water partition coefficient (Wildman–Crippen LogP) is 3.19. The molecule has 4 rings (SSSR count). The van der Waals surface area contributed by atoms with Gasteiger partial charge in [0.05, 0.1) is 35.5 Å². The van der Waals surface area contributed by atoms with E-state index in [1.165, 1.54) is 0 Å². The summed E-state index contributed by atoms with van der Waals surface area (Å²) in [6.07, 6.45) is 6.87. The topological polar surface area (TPSA) is 78.9 Å². The summed E-state index contributed by atoms with van der Waals surface area (Å²) >= 11 is 0. The Balaban J connectivity index is 1.68. The predicted molar refractivity (Wildman–Crippen MR) is 87.6 cm³/mol. The molecular weight excluding hydrogens is 290 g/mol. The zero-order chi connectivity index (χ0) is 15.6. The van der Waals surface area contributed by atoms with E-state index >= 15 is 0 Å². The normalized spacial score (nSPS) is 10.8. The number of benzene rings is 1. The molecule has 0 amide bonds. The second-order valence-electron chi connectivity index (χ2n) is 5.02. The Morgan fingerprint density at radius 1 is 1.00 bits per heavy atom. The number of aromatic nitrogens is 4. The maximum Gasteiger partial charge on any atom is 0.219 e. The molecule has 23 heavy (non-hydrogen) atoms. The van der Waals surface area contributed by atoms with E-state index in [9.17, 15) is 0 Å². The van der Waals surface area contributed by atoms with Crippen molar-refractivity contribution in [2.75, 3.05) is 5.73 Å². The number of ether oxygens (including phenoxy) is 1. The number of nitrogens with zero attached hydrogens (tertiary/aromatic N) is 4. The lowest BCUT2D eigenvalue weighted by Crippen LogP contribution is -1.96. The van der Waals surface area contributed by atoms with Gasteiger partial charge >= 0.3 is 0 Å². The van der Waals surface area contributed by atoms with Crippen LogP contribution in [0, 0.1) is 0 Å². The number of nitrogen functional groups attached to an aromatic ring is 1. The second-order valence-corrected chi connectivity index (χ2v) is 5.02. The average Bonchev–Trinajstić information content (AvgIpc) is 3.01. The first-order valence-electron chi connectivity index (χ1n) is 7.07. The zero-order valence-electron chi connectivity index (χ0n) is 12.1. The van der Waals surface area contributed by atoms with Gasteiger partial charge in [-0.05, 0) is 36.4 Å². The van der Waals surface area contributed by atoms with Gasteiger partial charge in [0.2, 0.25) is 5.88 Å². The van der Waals surface area contributed by atoms with E-state index in [1.54, 1.807) is 36.9 Å². The molecule has 0 fully saturated rings. The Bertz CT molecular complexity index is 948. The van der Waals surface area contributed by atoms with Crippen LogP contribution in [0.4, 0.5) is 5.69 Å². The summed E-state index contributed by atoms with van der Waals surface area (Å²) in [6.45, 7) is 0. The molecule has 112 valence electrons. The fourth-order valence-electron chi connectivity index (χ4n) is 2.33. The summed E-state index contributed by atoms with van der Waals surface area (Å²) in [5.41, 5.74) is 8.12. The van der Waals surface area contributed by atoms with Crippen molar-refractivity contribution in [1.29, 1.82) is 0 Å². The standard InChI is InChI=1S/C17H13N5O/c18-13-3-6-17(20-10-13)23-15-4-5-16-12(8-15)9-21-22(16)14-2-1-7-19-11-14/h1-11H,18H2. The molecule has 0 aliphatic rings. The van der Waals surface area contributed by atoms with E-state index in [2.05, 4.69) is 15.1 Å². The Morgan fingerprint density at radius 3 is 2.74 bits per heavy atom. The molecular formula is C17H13N5O. The van der Waals surface area contributed by atoms with Crippen molar-refractivity contribution in [2.24, 2.45) is 0 Å². The minimum absolute atomic E-state index is 0.498. The first-order valence-corrected chi connectivity index (χ1v) is 7.07. The molecule has 0 unspecified atom stereocenters. The zero-order valence-corrected chi connectivity index (χ0v) is 12.1. The molecule has 0 saturated carbocycles. The van der Waals surface area contributed by atoms with Gasteiger partial charge in [0.15, 0.2) is 0 Å². The van der Waals surface area contributed by atoms with E-state index in [0.29, 0.717) is 17.3 Å². The van der Waals surface area contributed by atoms with Gasteiger partial charge in [-0.3, -0.25) is 4.98 Å². The highest BCUT2D eigenvalue weighted by Gasteiger charge is 2.07. The molecule has 3 aromatic heterocycles. The second kappa shape index (κ2) is 5.42. The van der Waals surface area contributed by atoms with Gasteiger partial charge in [0.1, 0.15) is 5.75 Å². The summed E-state index contributed by atoms with van der Waals surface area (Å²) in [5.74, 6) is 1.19. The molecule has 0 aliphatic carbocycles. The van der Waals surface area contributed by atoms with E-state index in [4.69, 9.17) is 10.5 Å². The molecule has 0 saturated heterocycles. The Labute approximate surface area is 132 Å². The summed E-state index contributed by atoms with van der Waals surface area (Å²) in [4.78, 5) is 8.25. The Hall–Kier alpha value is -3.41. The quantitative estimate of drug-likeness (QED) is 0.629. The first-order chi connectivity index (χ1) is 11.3. The molecule has 6 nitrogen and oxygen atoms in total. The van der Waals surface area contributed by atoms with Crippen LogP contribution in [0.5, 0.6) is 11.6 Å². The average molecular weight is 303 g/mol. The van der Waals surface area contributed by atoms with Gasteiger partial charge < -0.3 is 10.5 Å². The number of nitrogens with two attached hydrogens (primary N) is 1. The SMILES string of the molecule is Nc1ccc(Oc2ccc3c(cnn3-c3cccnc3)c2)nc1. The molecule has 0 spiro atoms. The van der Waals surface area contributed by atoms with Crippen LogP contribution < -0.4 is 10.5 Å². The van der Waals surface area contributed by atoms with Crippen molar-refractivity contribution in [3.8, 4) is 17.3 Å². The van der Waals surface area contributed by atoms with Crippen LogP contribution in [0.25, 0.3) is 16.6 Å². The van der Waals surface area contributed by atoms with Crippen molar-refractivity contribution in [3.63, 3.8) is 0 Å². The number of rotatable bonds is 3. The van der Waals surface area contributed by atoms with E-state index in [1.807, 2.05) is 35.0 Å². The number of anilines is 1. The summed E-state index contributed by atoms with van der Waals surface area (Å²) in [6, 6.07) is 13.1. The largest absolute Gasteiger partial charge is 0.439 e. The molecule has 4 aromatic rings. The van der Waals surface area contributed by atoms with Crippen LogP contribution in [0.2, 0.25) is 0 Å². The smallest absolute Gasteiger partial charge is 0.219 e. The van der Waals surface area contributed by atoms with Crippen molar-refractivity contribution < 1.29 is 4.74 Å². The highest BCUT2D eigenvalue weighted by molar-refractivity contribution is 5.81. The fraction of sp³-hybridized carbons (Fsp3) is 0. The van der Waals surface area contributed by atoms with Gasteiger partial charge in [0, 0.05) is 17.6 Å². The van der Waals surface area contributed by atoms with Crippen LogP contribution in [0.1, 0.15) is 0 Å². The summed E-state index contributed by atoms with van der Waals surface area (Å²) in [5, 5.41) is 5.39. The number of fused-ring (bicyclic) bond motifs is 1. The molecule has 2 N–H and O–H groups in total. The Kier molecular flexibility index (Phi) is 3.12. The van der Waals surface area contributed by atoms with Crippen molar-refractivity contribution in [2.45, 2.75) is 0 Å². The summed E-state index contributed by atoms with van der Waals surface area (Å²) in [7, 11) is 0. The van der Waals surface area contributed by atoms with Crippen LogP contribution in [0.3, 0.4) is 0 Å². The lowest BCUT2D eigenvalue weighted by molar-refractivity contribution is 0.464. The molecule has 3 heterocycles. The van der Waals surface area contributed by atoms with Gasteiger partial charge in [0.25, 0.3) is 0 Å². The van der Waals surface area contributed by atoms with Gasteiger partial charge in [-0.15, -0.1) is 0 Å². The third-order valence-corrected chi connectivity index (χ3v) is 3.41. The molecule has 0 aliphatic heterocycles. The lowest BCUT2D eigenvalue weighted by Gasteiger charge is -2.06. The minimum atomic E-state index is 0.498. The van der Waals surface area contributed by atoms with Crippen molar-refractivity contribution >= 4 is 16.6 Å². The first kappa shape index (κ1) is 13.3. The van der Waals surface area contributed by atoms with Crippen molar-refractivity contribution in [3.05, 3.63) is 67.3 Å². The third-order valence-electron chi connectivity index (χ3n) is 3.41. The highest BCUT2D eigenvalue weighted by atomic mass is 16.5. The lowest BCUT2D eigenvalue weighted by atomic mass is 10.2. The highest BCUT2D eigenvalue weighted by Crippen LogP contribution is 2.26. The van der Waals surface area contributed by atoms with Crippen molar-refractivity contribution in [1.82, 2.24) is 19.7 Å². The van der Waals surface area contributed by atoms with Crippen LogP contribution >= 0.6 is 0 Å². The molecule has 0 atom stereocenters. The van der Waals surface area contributed by atoms with Gasteiger partial charge in [-0.2, -0.15) is 5.10 Å². The van der Waals surface area contributed by atoms with E-state index in [-0.39, 0.29) is 0 Å². The molecule has 0 radical (unpaired) electrons. The van der Waals surface area contributed by atoms with E-state index in [0.717, 1.165) is 16.6 Å². The van der Waals surface area contributed by atoms with Gasteiger partial charge in [-0.1, -0.05) is 0 Å². The summed E-state index contributed by atoms with van der Waals surface area (Å²) < 4.78 is 7.58. The molecule has 6 heteroatoms. The maximum absolute atomic E-state index is 5.74. The monoisotopic (exact) mass is 303 g/mol.